The molecule has 0 radical (unpaired) electrons. The molecular formula is C34H38N6O9. The summed E-state index contributed by atoms with van der Waals surface area (Å²) in [6.07, 6.45) is -0.840. The number of phenols is 2. The second kappa shape index (κ2) is 18.2. The van der Waals surface area contributed by atoms with Crippen molar-refractivity contribution < 1.29 is 43.8 Å². The maximum Gasteiger partial charge on any atom is 0.251 e. The van der Waals surface area contributed by atoms with Crippen LogP contribution in [0.1, 0.15) is 40.7 Å². The molecule has 15 heteroatoms. The van der Waals surface area contributed by atoms with E-state index in [0.29, 0.717) is 17.4 Å². The van der Waals surface area contributed by atoms with Crippen LogP contribution in [0.2, 0.25) is 0 Å². The Hall–Kier alpha value is -6.25. The summed E-state index contributed by atoms with van der Waals surface area (Å²) in [5, 5.41) is 29.5. The smallest absolute Gasteiger partial charge is 0.251 e. The molecule has 49 heavy (non-hydrogen) atoms. The lowest BCUT2D eigenvalue weighted by Gasteiger charge is -2.26. The van der Waals surface area contributed by atoms with E-state index in [9.17, 15) is 43.8 Å². The topological polar surface area (TPSA) is 260 Å². The Morgan fingerprint density at radius 2 is 1.08 bits per heavy atom. The van der Waals surface area contributed by atoms with Crippen LogP contribution in [0.25, 0.3) is 0 Å². The molecule has 0 saturated carbocycles. The summed E-state index contributed by atoms with van der Waals surface area (Å²) in [4.78, 5) is 88.2. The monoisotopic (exact) mass is 674 g/mol. The van der Waals surface area contributed by atoms with Crippen LogP contribution in [-0.4, -0.2) is 76.1 Å². The van der Waals surface area contributed by atoms with Crippen molar-refractivity contribution in [1.29, 1.82) is 0 Å². The fourth-order valence-corrected chi connectivity index (χ4v) is 4.70. The molecule has 10 N–H and O–H groups in total. The lowest BCUT2D eigenvalue weighted by molar-refractivity contribution is -0.134. The molecule has 0 heterocycles. The van der Waals surface area contributed by atoms with E-state index in [1.54, 1.807) is 42.5 Å². The van der Waals surface area contributed by atoms with Crippen LogP contribution in [0.5, 0.6) is 11.5 Å². The van der Waals surface area contributed by atoms with Crippen molar-refractivity contribution in [1.82, 2.24) is 21.3 Å². The molecule has 3 aromatic carbocycles. The normalized spacial score (nSPS) is 13.1. The zero-order valence-electron chi connectivity index (χ0n) is 26.3. The number of carbonyl (C=O) groups excluding carboxylic acids is 7. The van der Waals surface area contributed by atoms with Crippen LogP contribution in [-0.2, 0) is 41.6 Å². The number of rotatable bonds is 18. The number of benzene rings is 3. The number of hydrogen-bond acceptors (Lipinski definition) is 9. The Morgan fingerprint density at radius 1 is 0.612 bits per heavy atom. The lowest BCUT2D eigenvalue weighted by Crippen LogP contribution is -2.58. The Kier molecular flexibility index (Phi) is 13.8. The molecule has 6 amide bonds. The third kappa shape index (κ3) is 12.5. The molecule has 0 bridgehead atoms. The standard InChI is InChI=1S/C34H38N6O9/c35-29(44)15-10-23(19-41)37-32(47)28(18-30(36)45)40-34(49)27(17-21-8-13-25(43)14-9-21)39-33(48)26(16-20-6-11-24(42)12-7-20)38-31(46)22-4-2-1-3-5-22/h1-9,11-14,19,23,26-28,42-43H,10,15-18H2,(H2,35,44)(H2,36,45)(H,37,47)(H,38,46)(H,39,48)(H,40,49)/t23-,26-,27-,28-/m0/s1. The van der Waals surface area contributed by atoms with Crippen LogP contribution >= 0.6 is 0 Å². The summed E-state index contributed by atoms with van der Waals surface area (Å²) in [7, 11) is 0. The summed E-state index contributed by atoms with van der Waals surface area (Å²) in [5.41, 5.74) is 11.8. The number of aromatic hydroxyl groups is 2. The van der Waals surface area contributed by atoms with Crippen LogP contribution < -0.4 is 32.7 Å². The van der Waals surface area contributed by atoms with Gasteiger partial charge in [-0.2, -0.15) is 0 Å². The molecule has 0 fully saturated rings. The zero-order chi connectivity index (χ0) is 35.9. The number of aldehydes is 1. The molecule has 3 rings (SSSR count). The fourth-order valence-electron chi connectivity index (χ4n) is 4.70. The van der Waals surface area contributed by atoms with E-state index in [0.717, 1.165) is 0 Å². The average Bonchev–Trinajstić information content (AvgIpc) is 3.07. The van der Waals surface area contributed by atoms with E-state index < -0.39 is 66.0 Å². The van der Waals surface area contributed by atoms with Crippen molar-refractivity contribution in [3.05, 3.63) is 95.6 Å². The highest BCUT2D eigenvalue weighted by Crippen LogP contribution is 2.14. The SMILES string of the molecule is NC(=O)CC[C@@H](C=O)NC(=O)[C@H](CC(N)=O)NC(=O)[C@H](Cc1ccc(O)cc1)NC(=O)[C@H](Cc1ccc(O)cc1)NC(=O)c1ccccc1. The van der Waals surface area contributed by atoms with E-state index in [1.165, 1.54) is 36.4 Å². The van der Waals surface area contributed by atoms with Gasteiger partial charge < -0.3 is 47.7 Å². The predicted molar refractivity (Wildman–Crippen MR) is 175 cm³/mol. The van der Waals surface area contributed by atoms with Gasteiger partial charge >= 0.3 is 0 Å². The van der Waals surface area contributed by atoms with Crippen molar-refractivity contribution in [2.24, 2.45) is 11.5 Å². The number of carbonyl (C=O) groups is 7. The summed E-state index contributed by atoms with van der Waals surface area (Å²) in [6, 6.07) is 14.5. The Labute approximate surface area is 281 Å². The van der Waals surface area contributed by atoms with E-state index in [-0.39, 0.29) is 42.7 Å². The van der Waals surface area contributed by atoms with Gasteiger partial charge in [-0.15, -0.1) is 0 Å². The van der Waals surface area contributed by atoms with Gasteiger partial charge in [-0.05, 0) is 53.9 Å². The van der Waals surface area contributed by atoms with E-state index in [2.05, 4.69) is 21.3 Å². The first kappa shape index (κ1) is 37.2. The van der Waals surface area contributed by atoms with Gasteiger partial charge in [0.25, 0.3) is 5.91 Å². The number of primary amides is 2. The first-order valence-electron chi connectivity index (χ1n) is 15.2. The minimum atomic E-state index is -1.58. The zero-order valence-corrected chi connectivity index (χ0v) is 26.3. The van der Waals surface area contributed by atoms with Crippen molar-refractivity contribution in [3.63, 3.8) is 0 Å². The van der Waals surface area contributed by atoms with Gasteiger partial charge in [-0.25, -0.2) is 0 Å². The minimum absolute atomic E-state index is 0.00871. The molecule has 0 aliphatic rings. The van der Waals surface area contributed by atoms with Crippen LogP contribution in [0, 0.1) is 0 Å². The molecule has 0 aliphatic carbocycles. The second-order valence-electron chi connectivity index (χ2n) is 11.2. The molecule has 258 valence electrons. The maximum absolute atomic E-state index is 13.8. The highest BCUT2D eigenvalue weighted by Gasteiger charge is 2.31. The molecular weight excluding hydrogens is 636 g/mol. The molecule has 0 aromatic heterocycles. The van der Waals surface area contributed by atoms with Gasteiger partial charge in [-0.1, -0.05) is 42.5 Å². The second-order valence-corrected chi connectivity index (χ2v) is 11.2. The molecule has 3 aromatic rings. The van der Waals surface area contributed by atoms with Crippen molar-refractivity contribution in [3.8, 4) is 11.5 Å². The number of amides is 6. The Morgan fingerprint density at radius 3 is 1.55 bits per heavy atom. The highest BCUT2D eigenvalue weighted by molar-refractivity contribution is 5.99. The third-order valence-electron chi connectivity index (χ3n) is 7.28. The minimum Gasteiger partial charge on any atom is -0.508 e. The van der Waals surface area contributed by atoms with Gasteiger partial charge in [0.2, 0.25) is 29.5 Å². The van der Waals surface area contributed by atoms with Crippen LogP contribution in [0.3, 0.4) is 0 Å². The summed E-state index contributed by atoms with van der Waals surface area (Å²) in [5.74, 6) is -4.95. The molecule has 0 spiro atoms. The van der Waals surface area contributed by atoms with Crippen LogP contribution in [0.4, 0.5) is 0 Å². The first-order chi connectivity index (χ1) is 23.3. The third-order valence-corrected chi connectivity index (χ3v) is 7.28. The molecule has 0 saturated heterocycles. The van der Waals surface area contributed by atoms with Gasteiger partial charge in [0.15, 0.2) is 0 Å². The summed E-state index contributed by atoms with van der Waals surface area (Å²) < 4.78 is 0. The summed E-state index contributed by atoms with van der Waals surface area (Å²) >= 11 is 0. The lowest BCUT2D eigenvalue weighted by atomic mass is 10.0. The maximum atomic E-state index is 13.8. The number of phenolic OH excluding ortho intramolecular Hbond substituents is 2. The molecule has 4 atom stereocenters. The van der Waals surface area contributed by atoms with Crippen molar-refractivity contribution >= 4 is 41.7 Å². The average molecular weight is 675 g/mol. The largest absolute Gasteiger partial charge is 0.508 e. The molecule has 0 aliphatic heterocycles. The number of nitrogens with two attached hydrogens (primary N) is 2. The van der Waals surface area contributed by atoms with Gasteiger partial charge in [0.05, 0.1) is 12.5 Å². The Bertz CT molecular complexity index is 1630. The predicted octanol–water partition coefficient (Wildman–Crippen LogP) is -0.524. The van der Waals surface area contributed by atoms with Gasteiger partial charge in [-0.3, -0.25) is 28.8 Å². The van der Waals surface area contributed by atoms with E-state index >= 15 is 0 Å². The first-order valence-corrected chi connectivity index (χ1v) is 15.2. The molecule has 0 unspecified atom stereocenters. The quantitative estimate of drug-likeness (QED) is 0.0806. The van der Waals surface area contributed by atoms with Gasteiger partial charge in [0, 0.05) is 24.8 Å². The van der Waals surface area contributed by atoms with Crippen LogP contribution in [0.15, 0.2) is 78.9 Å². The van der Waals surface area contributed by atoms with E-state index in [1.807, 2.05) is 0 Å². The van der Waals surface area contributed by atoms with E-state index in [4.69, 9.17) is 11.5 Å². The highest BCUT2D eigenvalue weighted by atomic mass is 16.3. The van der Waals surface area contributed by atoms with Crippen molar-refractivity contribution in [2.75, 3.05) is 0 Å². The fraction of sp³-hybridized carbons (Fsp3) is 0.265. The number of nitrogens with one attached hydrogen (secondary N) is 4. The Balaban J connectivity index is 1.89. The van der Waals surface area contributed by atoms with Crippen molar-refractivity contribution in [2.45, 2.75) is 56.3 Å². The number of hydrogen-bond donors (Lipinski definition) is 8. The molecule has 15 nitrogen and oxygen atoms in total. The van der Waals surface area contributed by atoms with Gasteiger partial charge in [0.1, 0.15) is 35.9 Å². The summed E-state index contributed by atoms with van der Waals surface area (Å²) in [6.45, 7) is 0.